The van der Waals surface area contributed by atoms with Crippen LogP contribution in [0.4, 0.5) is 5.82 Å². The third-order valence-electron chi connectivity index (χ3n) is 7.84. The Morgan fingerprint density at radius 3 is 2.33 bits per heavy atom. The lowest BCUT2D eigenvalue weighted by Gasteiger charge is -2.34. The van der Waals surface area contributed by atoms with Crippen molar-refractivity contribution in [1.29, 1.82) is 0 Å². The summed E-state index contributed by atoms with van der Waals surface area (Å²) in [5.74, 6) is -0.532. The van der Waals surface area contributed by atoms with Crippen LogP contribution in [0.15, 0.2) is 67.1 Å². The number of imidazole rings is 1. The molecule has 0 radical (unpaired) electrons. The van der Waals surface area contributed by atoms with Gasteiger partial charge >= 0.3 is 0 Å². The standard InChI is InChI=1S/C33H42N6O4/c1-32(2,34)20-29(41)36-27(13-9-12-24-10-5-4-6-11-24)30(42)37-28-21-39(23-35-28)33(3,31(43)38-18-7-8-19-38)26-16-14-25(22-40)15-17-26/h4-6,10-11,14-17,21-23,27H,7-9,12-13,18-20,34H2,1-3H3,(H,36,41)(H,37,42)/t27-,33?/m1/s1. The van der Waals surface area contributed by atoms with Gasteiger partial charge in [0.25, 0.3) is 5.91 Å². The number of aldehydes is 1. The molecule has 4 rings (SSSR count). The lowest BCUT2D eigenvalue weighted by molar-refractivity contribution is -0.137. The third-order valence-corrected chi connectivity index (χ3v) is 7.84. The molecule has 0 bridgehead atoms. The zero-order chi connectivity index (χ0) is 31.0. The fraction of sp³-hybridized carbons (Fsp3) is 0.424. The molecule has 3 aromatic rings. The highest BCUT2D eigenvalue weighted by atomic mass is 16.2. The Morgan fingerprint density at radius 2 is 1.70 bits per heavy atom. The van der Waals surface area contributed by atoms with Crippen molar-refractivity contribution in [2.75, 3.05) is 18.4 Å². The topological polar surface area (TPSA) is 139 Å². The summed E-state index contributed by atoms with van der Waals surface area (Å²) in [5.41, 5.74) is 6.53. The fourth-order valence-corrected chi connectivity index (χ4v) is 5.43. The maximum atomic E-state index is 13.9. The molecule has 0 spiro atoms. The van der Waals surface area contributed by atoms with Gasteiger partial charge in [-0.05, 0) is 64.0 Å². The SMILES string of the molecule is CC(C)(N)CC(=O)N[C@H](CCCc1ccccc1)C(=O)Nc1cn(C(C)(C(=O)N2CCCC2)c2ccc(C=O)cc2)cn1. The van der Waals surface area contributed by atoms with E-state index in [9.17, 15) is 19.2 Å². The highest BCUT2D eigenvalue weighted by Gasteiger charge is 2.41. The second-order valence-corrected chi connectivity index (χ2v) is 12.1. The number of carbonyl (C=O) groups is 4. The predicted molar refractivity (Wildman–Crippen MR) is 165 cm³/mol. The van der Waals surface area contributed by atoms with Crippen LogP contribution in [0, 0.1) is 0 Å². The predicted octanol–water partition coefficient (Wildman–Crippen LogP) is 3.66. The van der Waals surface area contributed by atoms with Gasteiger partial charge in [-0.3, -0.25) is 19.2 Å². The van der Waals surface area contributed by atoms with Crippen molar-refractivity contribution in [3.63, 3.8) is 0 Å². The molecule has 0 aliphatic carbocycles. The van der Waals surface area contributed by atoms with E-state index in [-0.39, 0.29) is 24.1 Å². The summed E-state index contributed by atoms with van der Waals surface area (Å²) in [6.45, 7) is 6.68. The van der Waals surface area contributed by atoms with Gasteiger partial charge in [-0.2, -0.15) is 0 Å². The summed E-state index contributed by atoms with van der Waals surface area (Å²) >= 11 is 0. The minimum Gasteiger partial charge on any atom is -0.344 e. The van der Waals surface area contributed by atoms with Crippen LogP contribution >= 0.6 is 0 Å². The van der Waals surface area contributed by atoms with Crippen LogP contribution in [0.2, 0.25) is 0 Å². The molecule has 1 aliphatic heterocycles. The van der Waals surface area contributed by atoms with Gasteiger partial charge in [0.15, 0.2) is 5.82 Å². The molecule has 3 amide bonds. The maximum absolute atomic E-state index is 13.9. The van der Waals surface area contributed by atoms with Crippen LogP contribution in [-0.4, -0.2) is 63.1 Å². The van der Waals surface area contributed by atoms with Crippen LogP contribution in [-0.2, 0) is 26.3 Å². The summed E-state index contributed by atoms with van der Waals surface area (Å²) in [7, 11) is 0. The summed E-state index contributed by atoms with van der Waals surface area (Å²) < 4.78 is 1.69. The number of nitrogens with two attached hydrogens (primary N) is 1. The number of likely N-dealkylation sites (tertiary alicyclic amines) is 1. The molecule has 1 aromatic heterocycles. The summed E-state index contributed by atoms with van der Waals surface area (Å²) in [4.78, 5) is 57.6. The number of carbonyl (C=O) groups excluding carboxylic acids is 4. The largest absolute Gasteiger partial charge is 0.344 e. The van der Waals surface area contributed by atoms with Gasteiger partial charge in [0, 0.05) is 36.8 Å². The zero-order valence-corrected chi connectivity index (χ0v) is 25.2. The Hall–Kier alpha value is -4.31. The van der Waals surface area contributed by atoms with Gasteiger partial charge < -0.3 is 25.8 Å². The van der Waals surface area contributed by atoms with Crippen molar-refractivity contribution in [3.05, 3.63) is 83.8 Å². The minimum atomic E-state index is -1.16. The molecule has 10 heteroatoms. The fourth-order valence-electron chi connectivity index (χ4n) is 5.43. The number of hydrogen-bond donors (Lipinski definition) is 3. The zero-order valence-electron chi connectivity index (χ0n) is 25.2. The number of benzene rings is 2. The average molecular weight is 587 g/mol. The van der Waals surface area contributed by atoms with E-state index >= 15 is 0 Å². The van der Waals surface area contributed by atoms with Crippen LogP contribution in [0.25, 0.3) is 0 Å². The molecule has 1 unspecified atom stereocenters. The van der Waals surface area contributed by atoms with Crippen LogP contribution in [0.3, 0.4) is 0 Å². The molecule has 1 fully saturated rings. The van der Waals surface area contributed by atoms with Gasteiger partial charge in [0.1, 0.15) is 17.9 Å². The molecule has 2 aromatic carbocycles. The molecule has 228 valence electrons. The quantitative estimate of drug-likeness (QED) is 0.261. The van der Waals surface area contributed by atoms with Crippen molar-refractivity contribution in [1.82, 2.24) is 19.8 Å². The Balaban J connectivity index is 1.54. The summed E-state index contributed by atoms with van der Waals surface area (Å²) in [5, 5.41) is 5.70. The first-order valence-electron chi connectivity index (χ1n) is 14.8. The average Bonchev–Trinajstić information content (AvgIpc) is 3.69. The molecular weight excluding hydrogens is 544 g/mol. The van der Waals surface area contributed by atoms with Crippen molar-refractivity contribution in [2.45, 2.75) is 76.4 Å². The smallest absolute Gasteiger partial charge is 0.253 e. The minimum absolute atomic E-state index is 0.0734. The first-order valence-corrected chi connectivity index (χ1v) is 14.8. The number of nitrogens with one attached hydrogen (secondary N) is 2. The Morgan fingerprint density at radius 1 is 1.02 bits per heavy atom. The number of nitrogens with zero attached hydrogens (tertiary/aromatic N) is 3. The second kappa shape index (κ2) is 13.8. The number of hydrogen-bond acceptors (Lipinski definition) is 6. The van der Waals surface area contributed by atoms with Gasteiger partial charge in [0.05, 0.1) is 6.33 Å². The number of aryl methyl sites for hydroxylation is 1. The molecular formula is C33H42N6O4. The molecule has 1 saturated heterocycles. The van der Waals surface area contributed by atoms with Crippen LogP contribution in [0.5, 0.6) is 0 Å². The van der Waals surface area contributed by atoms with Crippen molar-refractivity contribution >= 4 is 29.8 Å². The lowest BCUT2D eigenvalue weighted by atomic mass is 9.89. The number of amides is 3. The highest BCUT2D eigenvalue weighted by Crippen LogP contribution is 2.31. The van der Waals surface area contributed by atoms with Crippen molar-refractivity contribution in [3.8, 4) is 0 Å². The molecule has 4 N–H and O–H groups in total. The molecule has 10 nitrogen and oxygen atoms in total. The molecule has 1 aliphatic rings. The van der Waals surface area contributed by atoms with Crippen LogP contribution < -0.4 is 16.4 Å². The van der Waals surface area contributed by atoms with E-state index in [1.807, 2.05) is 42.2 Å². The van der Waals surface area contributed by atoms with Gasteiger partial charge in [-0.25, -0.2) is 4.98 Å². The molecule has 43 heavy (non-hydrogen) atoms. The molecule has 2 atom stereocenters. The van der Waals surface area contributed by atoms with Crippen molar-refractivity contribution in [2.24, 2.45) is 5.73 Å². The Bertz CT molecular complexity index is 1410. The highest BCUT2D eigenvalue weighted by molar-refractivity contribution is 5.96. The number of aromatic nitrogens is 2. The van der Waals surface area contributed by atoms with Gasteiger partial charge in [-0.15, -0.1) is 0 Å². The maximum Gasteiger partial charge on any atom is 0.253 e. The second-order valence-electron chi connectivity index (χ2n) is 12.1. The van der Waals surface area contributed by atoms with Crippen LogP contribution in [0.1, 0.15) is 74.4 Å². The third kappa shape index (κ3) is 8.16. The summed E-state index contributed by atoms with van der Waals surface area (Å²) in [6, 6.07) is 16.1. The lowest BCUT2D eigenvalue weighted by Crippen LogP contribution is -2.48. The molecule has 0 saturated carbocycles. The number of anilines is 1. The van der Waals surface area contributed by atoms with E-state index in [4.69, 9.17) is 5.73 Å². The monoisotopic (exact) mass is 586 g/mol. The molecule has 2 heterocycles. The normalized spacial score (nSPS) is 15.4. The number of rotatable bonds is 13. The van der Waals surface area contributed by atoms with Crippen molar-refractivity contribution < 1.29 is 19.2 Å². The van der Waals surface area contributed by atoms with Gasteiger partial charge in [0.2, 0.25) is 11.8 Å². The van der Waals surface area contributed by atoms with E-state index in [1.165, 1.54) is 6.33 Å². The van der Waals surface area contributed by atoms with E-state index < -0.39 is 23.0 Å². The Kier molecular flexibility index (Phi) is 10.1. The van der Waals surface area contributed by atoms with E-state index in [0.717, 1.165) is 31.1 Å². The van der Waals surface area contributed by atoms with E-state index in [2.05, 4.69) is 15.6 Å². The first kappa shape index (κ1) is 31.6. The summed E-state index contributed by atoms with van der Waals surface area (Å²) in [6.07, 6.45) is 7.74. The van der Waals surface area contributed by atoms with E-state index in [0.29, 0.717) is 37.1 Å². The van der Waals surface area contributed by atoms with E-state index in [1.54, 1.807) is 48.9 Å². The van der Waals surface area contributed by atoms with Gasteiger partial charge in [-0.1, -0.05) is 54.6 Å². The first-order chi connectivity index (χ1) is 20.5. The Labute approximate surface area is 253 Å².